The summed E-state index contributed by atoms with van der Waals surface area (Å²) in [4.78, 5) is 12.3. The van der Waals surface area contributed by atoms with Crippen LogP contribution >= 0.6 is 11.6 Å². The molecule has 1 aromatic rings. The van der Waals surface area contributed by atoms with Gasteiger partial charge in [0.25, 0.3) is 5.91 Å². The summed E-state index contributed by atoms with van der Waals surface area (Å²) in [5, 5.41) is 3.50. The highest BCUT2D eigenvalue weighted by Crippen LogP contribution is 2.34. The Kier molecular flexibility index (Phi) is 4.16. The molecule has 1 amide bonds. The van der Waals surface area contributed by atoms with Gasteiger partial charge < -0.3 is 15.8 Å². The van der Waals surface area contributed by atoms with E-state index in [1.807, 2.05) is 0 Å². The zero-order valence-corrected chi connectivity index (χ0v) is 12.3. The topological polar surface area (TPSA) is 64.4 Å². The Bertz CT molecular complexity index is 620. The lowest BCUT2D eigenvalue weighted by Gasteiger charge is -2.20. The molecule has 2 saturated heterocycles. The van der Waals surface area contributed by atoms with E-state index in [1.54, 1.807) is 18.2 Å². The largest absolute Gasteiger partial charge is 0.373 e. The maximum Gasteiger partial charge on any atom is 0.251 e. The van der Waals surface area contributed by atoms with Gasteiger partial charge in [-0.25, -0.2) is 0 Å². The molecule has 5 heteroatoms. The molecule has 4 nitrogen and oxygen atoms in total. The minimum atomic E-state index is -0.114. The highest BCUT2D eigenvalue weighted by Gasteiger charge is 2.41. The molecule has 2 heterocycles. The molecular formula is C16H17ClN2O2. The van der Waals surface area contributed by atoms with E-state index in [2.05, 4.69) is 17.2 Å². The Hall–Kier alpha value is -1.54. The van der Waals surface area contributed by atoms with Crippen LogP contribution in [0.1, 0.15) is 35.2 Å². The van der Waals surface area contributed by atoms with Crippen molar-refractivity contribution in [1.82, 2.24) is 5.32 Å². The van der Waals surface area contributed by atoms with Crippen molar-refractivity contribution in [1.29, 1.82) is 0 Å². The van der Waals surface area contributed by atoms with Gasteiger partial charge >= 0.3 is 0 Å². The van der Waals surface area contributed by atoms with Crippen LogP contribution in [0.2, 0.25) is 5.02 Å². The summed E-state index contributed by atoms with van der Waals surface area (Å²) in [6.07, 6.45) is 3.54. The number of carbonyl (C=O) groups is 1. The van der Waals surface area contributed by atoms with Crippen molar-refractivity contribution in [3.05, 3.63) is 34.3 Å². The van der Waals surface area contributed by atoms with Crippen LogP contribution in [0.4, 0.5) is 0 Å². The van der Waals surface area contributed by atoms with Crippen LogP contribution in [0.15, 0.2) is 18.2 Å². The molecule has 0 spiro atoms. The van der Waals surface area contributed by atoms with Gasteiger partial charge in [0.2, 0.25) is 0 Å². The molecule has 2 aliphatic heterocycles. The second-order valence-electron chi connectivity index (χ2n) is 5.39. The third kappa shape index (κ3) is 3.06. The highest BCUT2D eigenvalue weighted by atomic mass is 35.5. The van der Waals surface area contributed by atoms with Gasteiger partial charge in [0, 0.05) is 11.1 Å². The number of ether oxygens (including phenoxy) is 1. The van der Waals surface area contributed by atoms with Crippen LogP contribution in [0.5, 0.6) is 0 Å². The van der Waals surface area contributed by atoms with E-state index >= 15 is 0 Å². The monoisotopic (exact) mass is 304 g/mol. The predicted octanol–water partition coefficient (Wildman–Crippen LogP) is 1.70. The number of rotatable bonds is 2. The Morgan fingerprint density at radius 2 is 2.33 bits per heavy atom. The summed E-state index contributed by atoms with van der Waals surface area (Å²) in [6.45, 7) is 0.281. The lowest BCUT2D eigenvalue weighted by Crippen LogP contribution is -2.41. The Balaban J connectivity index is 1.69. The lowest BCUT2D eigenvalue weighted by atomic mass is 9.95. The molecule has 1 aromatic carbocycles. The Morgan fingerprint density at radius 3 is 2.95 bits per heavy atom. The number of nitrogens with two attached hydrogens (primary N) is 1. The van der Waals surface area contributed by atoms with E-state index < -0.39 is 0 Å². The summed E-state index contributed by atoms with van der Waals surface area (Å²) in [7, 11) is 0. The summed E-state index contributed by atoms with van der Waals surface area (Å²) in [6, 6.07) is 5.24. The molecule has 3 rings (SSSR count). The summed E-state index contributed by atoms with van der Waals surface area (Å²) in [5.74, 6) is 5.51. The van der Waals surface area contributed by atoms with E-state index in [0.29, 0.717) is 22.3 Å². The van der Waals surface area contributed by atoms with Gasteiger partial charge in [-0.1, -0.05) is 23.4 Å². The van der Waals surface area contributed by atoms with Gasteiger partial charge in [0.15, 0.2) is 0 Å². The molecule has 3 N–H and O–H groups in total. The van der Waals surface area contributed by atoms with Gasteiger partial charge in [-0.15, -0.1) is 0 Å². The predicted molar refractivity (Wildman–Crippen MR) is 81.2 cm³/mol. The number of amides is 1. The van der Waals surface area contributed by atoms with Crippen molar-refractivity contribution in [2.24, 2.45) is 5.73 Å². The van der Waals surface area contributed by atoms with E-state index in [1.165, 1.54) is 0 Å². The first-order chi connectivity index (χ1) is 10.2. The number of carbonyl (C=O) groups excluding carboxylic acids is 1. The summed E-state index contributed by atoms with van der Waals surface area (Å²) in [5.41, 5.74) is 6.56. The van der Waals surface area contributed by atoms with Gasteiger partial charge in [0.1, 0.15) is 0 Å². The summed E-state index contributed by atoms with van der Waals surface area (Å²) < 4.78 is 5.74. The molecule has 2 fully saturated rings. The fraction of sp³-hybridized carbons (Fsp3) is 0.438. The minimum Gasteiger partial charge on any atom is -0.373 e. The van der Waals surface area contributed by atoms with Gasteiger partial charge in [-0.3, -0.25) is 4.79 Å². The molecule has 3 unspecified atom stereocenters. The van der Waals surface area contributed by atoms with Crippen LogP contribution in [-0.2, 0) is 4.74 Å². The first-order valence-electron chi connectivity index (χ1n) is 7.12. The van der Waals surface area contributed by atoms with Crippen LogP contribution in [0.25, 0.3) is 0 Å². The average Bonchev–Trinajstić information content (AvgIpc) is 3.08. The van der Waals surface area contributed by atoms with Gasteiger partial charge in [-0.2, -0.15) is 0 Å². The minimum absolute atomic E-state index is 0.114. The number of benzene rings is 1. The molecule has 3 atom stereocenters. The van der Waals surface area contributed by atoms with Crippen molar-refractivity contribution in [2.45, 2.75) is 37.5 Å². The molecule has 0 aromatic heterocycles. The molecule has 110 valence electrons. The zero-order valence-electron chi connectivity index (χ0n) is 11.6. The molecule has 21 heavy (non-hydrogen) atoms. The van der Waals surface area contributed by atoms with Gasteiger partial charge in [-0.05, 0) is 37.5 Å². The van der Waals surface area contributed by atoms with Gasteiger partial charge in [0.05, 0.1) is 29.8 Å². The number of nitrogens with one attached hydrogen (secondary N) is 1. The number of fused-ring (bicyclic) bond motifs is 2. The first kappa shape index (κ1) is 14.4. The lowest BCUT2D eigenvalue weighted by molar-refractivity contribution is 0.0841. The number of hydrogen-bond donors (Lipinski definition) is 2. The molecule has 2 aliphatic rings. The zero-order chi connectivity index (χ0) is 14.8. The maximum atomic E-state index is 12.3. The van der Waals surface area contributed by atoms with Crippen LogP contribution < -0.4 is 11.1 Å². The third-order valence-corrected chi connectivity index (χ3v) is 4.29. The molecule has 0 saturated carbocycles. The fourth-order valence-electron chi connectivity index (χ4n) is 2.95. The van der Waals surface area contributed by atoms with Crippen molar-refractivity contribution in [3.8, 4) is 11.8 Å². The second kappa shape index (κ2) is 6.07. The van der Waals surface area contributed by atoms with Crippen molar-refractivity contribution < 1.29 is 9.53 Å². The fourth-order valence-corrected chi connectivity index (χ4v) is 3.17. The Morgan fingerprint density at radius 1 is 1.48 bits per heavy atom. The Labute approximate surface area is 129 Å². The highest BCUT2D eigenvalue weighted by molar-refractivity contribution is 6.32. The van der Waals surface area contributed by atoms with Crippen LogP contribution in [0.3, 0.4) is 0 Å². The van der Waals surface area contributed by atoms with E-state index in [9.17, 15) is 4.79 Å². The van der Waals surface area contributed by atoms with Crippen LogP contribution in [0, 0.1) is 11.8 Å². The first-order valence-corrected chi connectivity index (χ1v) is 7.50. The SMILES string of the molecule is NCC#Cc1ccc(C(=O)NC2CC3CCC2O3)cc1Cl. The van der Waals surface area contributed by atoms with Crippen molar-refractivity contribution in [3.63, 3.8) is 0 Å². The smallest absolute Gasteiger partial charge is 0.251 e. The summed E-state index contributed by atoms with van der Waals surface area (Å²) >= 11 is 6.14. The average molecular weight is 305 g/mol. The molecule has 0 aliphatic carbocycles. The van der Waals surface area contributed by atoms with E-state index in [-0.39, 0.29) is 24.6 Å². The number of halogens is 1. The van der Waals surface area contributed by atoms with Crippen molar-refractivity contribution in [2.75, 3.05) is 6.54 Å². The van der Waals surface area contributed by atoms with E-state index in [4.69, 9.17) is 22.1 Å². The van der Waals surface area contributed by atoms with Crippen molar-refractivity contribution >= 4 is 17.5 Å². The normalized spacial score (nSPS) is 26.3. The molecular weight excluding hydrogens is 288 g/mol. The van der Waals surface area contributed by atoms with Crippen LogP contribution in [-0.4, -0.2) is 30.7 Å². The maximum absolute atomic E-state index is 12.3. The quantitative estimate of drug-likeness (QED) is 0.817. The second-order valence-corrected chi connectivity index (χ2v) is 5.80. The molecule has 2 bridgehead atoms. The number of hydrogen-bond acceptors (Lipinski definition) is 3. The standard InChI is InChI=1S/C16H17ClN2O2/c17-13-8-11(4-3-10(13)2-1-7-18)16(20)19-14-9-12-5-6-15(14)21-12/h3-4,8,12,14-15H,5-7,9,18H2,(H,19,20). The molecule has 0 radical (unpaired) electrons. The third-order valence-electron chi connectivity index (χ3n) is 3.98. The van der Waals surface area contributed by atoms with E-state index in [0.717, 1.165) is 19.3 Å².